The van der Waals surface area contributed by atoms with Gasteiger partial charge in [-0.05, 0) is 18.8 Å². The molecule has 1 amide bonds. The van der Waals surface area contributed by atoms with E-state index in [2.05, 4.69) is 5.32 Å². The first-order chi connectivity index (χ1) is 9.19. The minimum Gasteiger partial charge on any atom is -0.480 e. The van der Waals surface area contributed by atoms with Crippen LogP contribution in [0.1, 0.15) is 26.7 Å². The Labute approximate surface area is 123 Å². The fraction of sp³-hybridized carbons (Fsp3) is 0.833. The molecule has 1 saturated heterocycles. The number of carboxylic acid groups (broad SMARTS) is 1. The van der Waals surface area contributed by atoms with E-state index in [1.54, 1.807) is 0 Å². The van der Waals surface area contributed by atoms with E-state index in [0.29, 0.717) is 12.8 Å². The lowest BCUT2D eigenvalue weighted by atomic mass is 10.0. The molecule has 1 aliphatic heterocycles. The molecule has 6 nitrogen and oxygen atoms in total. The average Bonchev–Trinajstić information content (AvgIpc) is 2.65. The highest BCUT2D eigenvalue weighted by Crippen LogP contribution is 2.24. The summed E-state index contributed by atoms with van der Waals surface area (Å²) >= 11 is 1.28. The molecule has 1 rings (SSSR count). The summed E-state index contributed by atoms with van der Waals surface area (Å²) in [6.07, 6.45) is 0.943. The molecule has 0 aromatic carbocycles. The van der Waals surface area contributed by atoms with Crippen molar-refractivity contribution in [2.75, 3.05) is 17.3 Å². The van der Waals surface area contributed by atoms with Gasteiger partial charge in [-0.2, -0.15) is 0 Å². The van der Waals surface area contributed by atoms with Gasteiger partial charge in [-0.3, -0.25) is 4.79 Å². The van der Waals surface area contributed by atoms with Gasteiger partial charge in [0.2, 0.25) is 5.91 Å². The second kappa shape index (κ2) is 7.31. The molecule has 0 radical (unpaired) electrons. The molecule has 8 heteroatoms. The first-order valence-electron chi connectivity index (χ1n) is 6.54. The molecule has 0 aliphatic carbocycles. The van der Waals surface area contributed by atoms with Gasteiger partial charge in [0.25, 0.3) is 0 Å². The molecule has 0 aromatic heterocycles. The molecule has 2 N–H and O–H groups in total. The zero-order valence-electron chi connectivity index (χ0n) is 11.7. The molecular formula is C12H21NO5S2. The number of nitrogens with one attached hydrogen (secondary N) is 1. The van der Waals surface area contributed by atoms with Crippen molar-refractivity contribution in [3.8, 4) is 0 Å². The van der Waals surface area contributed by atoms with Gasteiger partial charge in [-0.25, -0.2) is 13.2 Å². The van der Waals surface area contributed by atoms with Crippen LogP contribution in [0.15, 0.2) is 0 Å². The predicted molar refractivity (Wildman–Crippen MR) is 78.5 cm³/mol. The smallest absolute Gasteiger partial charge is 0.326 e. The zero-order valence-corrected chi connectivity index (χ0v) is 13.3. The van der Waals surface area contributed by atoms with Gasteiger partial charge >= 0.3 is 5.97 Å². The van der Waals surface area contributed by atoms with Crippen molar-refractivity contribution in [3.63, 3.8) is 0 Å². The van der Waals surface area contributed by atoms with Crippen molar-refractivity contribution < 1.29 is 23.1 Å². The van der Waals surface area contributed by atoms with E-state index in [0.717, 1.165) is 0 Å². The molecule has 2 atom stereocenters. The number of hydrogen-bond donors (Lipinski definition) is 2. The highest BCUT2D eigenvalue weighted by atomic mass is 32.2. The summed E-state index contributed by atoms with van der Waals surface area (Å²) in [5.74, 6) is -0.837. The van der Waals surface area contributed by atoms with E-state index >= 15 is 0 Å². The third-order valence-electron chi connectivity index (χ3n) is 2.98. The molecule has 0 aromatic rings. The summed E-state index contributed by atoms with van der Waals surface area (Å²) in [7, 11) is -2.94. The van der Waals surface area contributed by atoms with Gasteiger partial charge < -0.3 is 10.4 Å². The Kier molecular flexibility index (Phi) is 6.32. The number of thioether (sulfide) groups is 1. The van der Waals surface area contributed by atoms with E-state index < -0.39 is 21.8 Å². The molecule has 116 valence electrons. The van der Waals surface area contributed by atoms with Gasteiger partial charge in [0.1, 0.15) is 6.04 Å². The fourth-order valence-corrected chi connectivity index (χ4v) is 5.47. The van der Waals surface area contributed by atoms with Gasteiger partial charge in [0, 0.05) is 5.25 Å². The lowest BCUT2D eigenvalue weighted by Gasteiger charge is -2.16. The summed E-state index contributed by atoms with van der Waals surface area (Å²) in [6, 6.07) is -0.879. The topological polar surface area (TPSA) is 101 Å². The summed E-state index contributed by atoms with van der Waals surface area (Å²) < 4.78 is 22.6. The Hall–Kier alpha value is -0.760. The number of hydrogen-bond acceptors (Lipinski definition) is 5. The summed E-state index contributed by atoms with van der Waals surface area (Å²) in [4.78, 5) is 22.7. The minimum atomic E-state index is -2.94. The van der Waals surface area contributed by atoms with Crippen LogP contribution in [0.4, 0.5) is 0 Å². The standard InChI is InChI=1S/C12H21NO5S2/c1-8(2)5-10(12(15)16)13-11(14)6-19-9-3-4-20(17,18)7-9/h8-10H,3-7H2,1-2H3,(H,13,14)(H,15,16)/t9?,10-/m0/s1. The number of amides is 1. The Morgan fingerprint density at radius 2 is 2.05 bits per heavy atom. The van der Waals surface area contributed by atoms with Crippen molar-refractivity contribution in [2.45, 2.75) is 38.0 Å². The van der Waals surface area contributed by atoms with Crippen LogP contribution in [0.2, 0.25) is 0 Å². The Morgan fingerprint density at radius 3 is 2.50 bits per heavy atom. The number of carbonyl (C=O) groups is 2. The normalized spacial score (nSPS) is 22.6. The first-order valence-corrected chi connectivity index (χ1v) is 9.41. The number of aliphatic carboxylic acids is 1. The van der Waals surface area contributed by atoms with Crippen LogP contribution in [0, 0.1) is 5.92 Å². The molecule has 1 heterocycles. The molecule has 20 heavy (non-hydrogen) atoms. The highest BCUT2D eigenvalue weighted by Gasteiger charge is 2.29. The minimum absolute atomic E-state index is 0.0564. The summed E-state index contributed by atoms with van der Waals surface area (Å²) in [5.41, 5.74) is 0. The molecule has 1 unspecified atom stereocenters. The number of carbonyl (C=O) groups excluding carboxylic acids is 1. The van der Waals surface area contributed by atoms with E-state index in [-0.39, 0.29) is 34.3 Å². The van der Waals surface area contributed by atoms with E-state index in [1.165, 1.54) is 11.8 Å². The summed E-state index contributed by atoms with van der Waals surface area (Å²) in [5, 5.41) is 11.4. The predicted octanol–water partition coefficient (Wildman–Crippen LogP) is 0.522. The van der Waals surface area contributed by atoms with Crippen molar-refractivity contribution >= 4 is 33.5 Å². The summed E-state index contributed by atoms with van der Waals surface area (Å²) in [6.45, 7) is 3.78. The molecule has 0 spiro atoms. The quantitative estimate of drug-likeness (QED) is 0.708. The van der Waals surface area contributed by atoms with Crippen molar-refractivity contribution in [1.29, 1.82) is 0 Å². The second-order valence-electron chi connectivity index (χ2n) is 5.42. The van der Waals surface area contributed by atoms with Crippen LogP contribution >= 0.6 is 11.8 Å². The van der Waals surface area contributed by atoms with Crippen LogP contribution in [-0.4, -0.2) is 54.0 Å². The fourth-order valence-electron chi connectivity index (χ4n) is 2.01. The van der Waals surface area contributed by atoms with Gasteiger partial charge in [-0.15, -0.1) is 11.8 Å². The Balaban J connectivity index is 2.37. The van der Waals surface area contributed by atoms with Crippen LogP contribution in [-0.2, 0) is 19.4 Å². The number of rotatable bonds is 7. The largest absolute Gasteiger partial charge is 0.480 e. The SMILES string of the molecule is CC(C)C[C@H](NC(=O)CSC1CCS(=O)(=O)C1)C(=O)O. The van der Waals surface area contributed by atoms with Crippen molar-refractivity contribution in [1.82, 2.24) is 5.32 Å². The van der Waals surface area contributed by atoms with Gasteiger partial charge in [0.15, 0.2) is 9.84 Å². The molecule has 1 aliphatic rings. The highest BCUT2D eigenvalue weighted by molar-refractivity contribution is 8.02. The van der Waals surface area contributed by atoms with Crippen molar-refractivity contribution in [2.24, 2.45) is 5.92 Å². The van der Waals surface area contributed by atoms with Crippen LogP contribution < -0.4 is 5.32 Å². The Bertz CT molecular complexity index is 460. The van der Waals surface area contributed by atoms with Crippen molar-refractivity contribution in [3.05, 3.63) is 0 Å². The zero-order chi connectivity index (χ0) is 15.3. The molecule has 1 fully saturated rings. The van der Waals surface area contributed by atoms with Gasteiger partial charge in [-0.1, -0.05) is 13.8 Å². The van der Waals surface area contributed by atoms with Crippen LogP contribution in [0.3, 0.4) is 0 Å². The van der Waals surface area contributed by atoms with E-state index in [4.69, 9.17) is 5.11 Å². The monoisotopic (exact) mass is 323 g/mol. The lowest BCUT2D eigenvalue weighted by Crippen LogP contribution is -2.42. The van der Waals surface area contributed by atoms with E-state index in [1.807, 2.05) is 13.8 Å². The van der Waals surface area contributed by atoms with Gasteiger partial charge in [0.05, 0.1) is 17.3 Å². The van der Waals surface area contributed by atoms with Crippen LogP contribution in [0.25, 0.3) is 0 Å². The number of carboxylic acids is 1. The lowest BCUT2D eigenvalue weighted by molar-refractivity contribution is -0.141. The molecular weight excluding hydrogens is 302 g/mol. The second-order valence-corrected chi connectivity index (χ2v) is 8.94. The third kappa shape index (κ3) is 6.13. The maximum atomic E-state index is 11.7. The maximum absolute atomic E-state index is 11.7. The average molecular weight is 323 g/mol. The molecule has 0 saturated carbocycles. The van der Waals surface area contributed by atoms with Crippen LogP contribution in [0.5, 0.6) is 0 Å². The molecule has 0 bridgehead atoms. The van der Waals surface area contributed by atoms with E-state index in [9.17, 15) is 18.0 Å². The Morgan fingerprint density at radius 1 is 1.40 bits per heavy atom. The number of sulfone groups is 1. The third-order valence-corrected chi connectivity index (χ3v) is 6.26. The maximum Gasteiger partial charge on any atom is 0.326 e. The first kappa shape index (κ1) is 17.3.